The maximum Gasteiger partial charge on any atom is 0.255 e. The summed E-state index contributed by atoms with van der Waals surface area (Å²) in [7, 11) is 0. The third-order valence-corrected chi connectivity index (χ3v) is 3.71. The number of hydrogen-bond donors (Lipinski definition) is 1. The lowest BCUT2D eigenvalue weighted by molar-refractivity contribution is 0.102. The van der Waals surface area contributed by atoms with Gasteiger partial charge in [-0.25, -0.2) is 4.39 Å². The van der Waals surface area contributed by atoms with Crippen LogP contribution in [0.3, 0.4) is 0 Å². The molecule has 0 unspecified atom stereocenters. The first-order valence-corrected chi connectivity index (χ1v) is 7.56. The molecule has 0 fully saturated rings. The smallest absolute Gasteiger partial charge is 0.255 e. The van der Waals surface area contributed by atoms with E-state index in [-0.39, 0.29) is 11.6 Å². The van der Waals surface area contributed by atoms with Gasteiger partial charge in [0.05, 0.1) is 5.69 Å². The second-order valence-electron chi connectivity index (χ2n) is 3.74. The number of carbonyl (C=O) groups is 1. The van der Waals surface area contributed by atoms with Crippen LogP contribution >= 0.6 is 47.8 Å². The van der Waals surface area contributed by atoms with Crippen LogP contribution in [0.2, 0.25) is 0 Å². The molecule has 6 heteroatoms. The molecule has 98 valence electrons. The number of anilines is 1. The van der Waals surface area contributed by atoms with E-state index in [1.54, 1.807) is 18.2 Å². The van der Waals surface area contributed by atoms with Gasteiger partial charge in [0.15, 0.2) is 0 Å². The molecule has 0 heterocycles. The zero-order chi connectivity index (χ0) is 14.0. The number of carbonyl (C=O) groups excluding carboxylic acids is 1. The highest BCUT2D eigenvalue weighted by Crippen LogP contribution is 2.23. The summed E-state index contributed by atoms with van der Waals surface area (Å²) in [4.78, 5) is 12.0. The molecule has 0 aliphatic carbocycles. The molecule has 0 aliphatic heterocycles. The molecule has 19 heavy (non-hydrogen) atoms. The number of halogens is 4. The van der Waals surface area contributed by atoms with E-state index >= 15 is 0 Å². The Labute approximate surface area is 134 Å². The van der Waals surface area contributed by atoms with Gasteiger partial charge in [-0.3, -0.25) is 4.79 Å². The SMILES string of the molecule is O=C(Nc1cc(Br)ccc1F)c1cc(Br)cc(Br)c1. The van der Waals surface area contributed by atoms with Crippen molar-refractivity contribution in [2.75, 3.05) is 5.32 Å². The average molecular weight is 452 g/mol. The normalized spacial score (nSPS) is 10.3. The van der Waals surface area contributed by atoms with Crippen molar-refractivity contribution in [3.63, 3.8) is 0 Å². The molecular formula is C13H7Br3FNO. The van der Waals surface area contributed by atoms with Gasteiger partial charge in [-0.05, 0) is 36.4 Å². The van der Waals surface area contributed by atoms with Crippen molar-refractivity contribution in [1.29, 1.82) is 0 Å². The van der Waals surface area contributed by atoms with Crippen LogP contribution in [0.25, 0.3) is 0 Å². The fraction of sp³-hybridized carbons (Fsp3) is 0. The number of rotatable bonds is 2. The predicted molar refractivity (Wildman–Crippen MR) is 83.9 cm³/mol. The maximum absolute atomic E-state index is 13.6. The van der Waals surface area contributed by atoms with Crippen LogP contribution in [0.5, 0.6) is 0 Å². The Hall–Kier alpha value is -0.720. The van der Waals surface area contributed by atoms with E-state index in [4.69, 9.17) is 0 Å². The van der Waals surface area contributed by atoms with E-state index in [0.717, 1.165) is 8.95 Å². The third kappa shape index (κ3) is 3.87. The van der Waals surface area contributed by atoms with Crippen molar-refractivity contribution in [1.82, 2.24) is 0 Å². The summed E-state index contributed by atoms with van der Waals surface area (Å²) in [6, 6.07) is 9.51. The lowest BCUT2D eigenvalue weighted by Crippen LogP contribution is -2.13. The van der Waals surface area contributed by atoms with Crippen molar-refractivity contribution < 1.29 is 9.18 Å². The Bertz CT molecular complexity index is 626. The van der Waals surface area contributed by atoms with E-state index in [2.05, 4.69) is 53.1 Å². The largest absolute Gasteiger partial charge is 0.319 e. The summed E-state index contributed by atoms with van der Waals surface area (Å²) in [6.07, 6.45) is 0. The molecule has 0 aromatic heterocycles. The molecule has 0 saturated heterocycles. The van der Waals surface area contributed by atoms with Gasteiger partial charge in [0.1, 0.15) is 5.82 Å². The van der Waals surface area contributed by atoms with Gasteiger partial charge in [-0.1, -0.05) is 47.8 Å². The minimum absolute atomic E-state index is 0.135. The molecule has 0 spiro atoms. The van der Waals surface area contributed by atoms with Crippen molar-refractivity contribution in [3.05, 3.63) is 61.2 Å². The topological polar surface area (TPSA) is 29.1 Å². The van der Waals surface area contributed by atoms with Crippen LogP contribution in [0.4, 0.5) is 10.1 Å². The van der Waals surface area contributed by atoms with Crippen LogP contribution in [0.1, 0.15) is 10.4 Å². The van der Waals surface area contributed by atoms with Crippen molar-refractivity contribution >= 4 is 59.4 Å². The molecular weight excluding hydrogens is 445 g/mol. The second-order valence-corrected chi connectivity index (χ2v) is 6.48. The predicted octanol–water partition coefficient (Wildman–Crippen LogP) is 5.37. The van der Waals surface area contributed by atoms with Gasteiger partial charge in [-0.15, -0.1) is 0 Å². The molecule has 1 N–H and O–H groups in total. The third-order valence-electron chi connectivity index (χ3n) is 2.30. The first-order chi connectivity index (χ1) is 8.95. The summed E-state index contributed by atoms with van der Waals surface area (Å²) >= 11 is 9.84. The Morgan fingerprint density at radius 2 is 1.58 bits per heavy atom. The first-order valence-electron chi connectivity index (χ1n) is 5.18. The zero-order valence-corrected chi connectivity index (χ0v) is 14.1. The van der Waals surface area contributed by atoms with Gasteiger partial charge >= 0.3 is 0 Å². The van der Waals surface area contributed by atoms with Gasteiger partial charge in [-0.2, -0.15) is 0 Å². The molecule has 0 aliphatic rings. The van der Waals surface area contributed by atoms with E-state index < -0.39 is 5.82 Å². The summed E-state index contributed by atoms with van der Waals surface area (Å²) in [5.74, 6) is -0.857. The lowest BCUT2D eigenvalue weighted by atomic mass is 10.2. The molecule has 2 rings (SSSR count). The monoisotopic (exact) mass is 449 g/mol. The van der Waals surface area contributed by atoms with Crippen LogP contribution in [-0.2, 0) is 0 Å². The van der Waals surface area contributed by atoms with Crippen LogP contribution < -0.4 is 5.32 Å². The molecule has 0 atom stereocenters. The average Bonchev–Trinajstić information content (AvgIpc) is 2.32. The van der Waals surface area contributed by atoms with E-state index in [1.165, 1.54) is 12.1 Å². The molecule has 0 bridgehead atoms. The number of amides is 1. The highest BCUT2D eigenvalue weighted by Gasteiger charge is 2.11. The summed E-state index contributed by atoms with van der Waals surface area (Å²) < 4.78 is 15.8. The van der Waals surface area contributed by atoms with E-state index in [9.17, 15) is 9.18 Å². The fourth-order valence-corrected chi connectivity index (χ4v) is 3.13. The van der Waals surface area contributed by atoms with Crippen LogP contribution in [0.15, 0.2) is 49.8 Å². The maximum atomic E-state index is 13.6. The first kappa shape index (κ1) is 14.7. The van der Waals surface area contributed by atoms with Crippen LogP contribution in [0, 0.1) is 5.82 Å². The fourth-order valence-electron chi connectivity index (χ4n) is 1.47. The molecule has 2 aromatic rings. The van der Waals surface area contributed by atoms with Gasteiger partial charge in [0, 0.05) is 19.0 Å². The van der Waals surface area contributed by atoms with E-state index in [0.29, 0.717) is 10.0 Å². The summed E-state index contributed by atoms with van der Waals surface area (Å²) in [6.45, 7) is 0. The number of nitrogens with one attached hydrogen (secondary N) is 1. The van der Waals surface area contributed by atoms with E-state index in [1.807, 2.05) is 6.07 Å². The molecule has 2 nitrogen and oxygen atoms in total. The minimum Gasteiger partial charge on any atom is -0.319 e. The quantitative estimate of drug-likeness (QED) is 0.653. The van der Waals surface area contributed by atoms with Crippen LogP contribution in [-0.4, -0.2) is 5.91 Å². The molecule has 0 saturated carbocycles. The molecule has 0 radical (unpaired) electrons. The minimum atomic E-state index is -0.481. The number of hydrogen-bond acceptors (Lipinski definition) is 1. The molecule has 1 amide bonds. The van der Waals surface area contributed by atoms with Gasteiger partial charge < -0.3 is 5.32 Å². The van der Waals surface area contributed by atoms with Gasteiger partial charge in [0.25, 0.3) is 5.91 Å². The van der Waals surface area contributed by atoms with Crippen molar-refractivity contribution in [3.8, 4) is 0 Å². The zero-order valence-electron chi connectivity index (χ0n) is 9.38. The van der Waals surface area contributed by atoms with Crippen molar-refractivity contribution in [2.24, 2.45) is 0 Å². The second kappa shape index (κ2) is 6.15. The van der Waals surface area contributed by atoms with Gasteiger partial charge in [0.2, 0.25) is 0 Å². The lowest BCUT2D eigenvalue weighted by Gasteiger charge is -2.08. The molecule has 2 aromatic carbocycles. The highest BCUT2D eigenvalue weighted by atomic mass is 79.9. The Morgan fingerprint density at radius 1 is 0.947 bits per heavy atom. The Kier molecular flexibility index (Phi) is 4.76. The Balaban J connectivity index is 2.28. The summed E-state index contributed by atoms with van der Waals surface area (Å²) in [5.41, 5.74) is 0.566. The Morgan fingerprint density at radius 3 is 2.21 bits per heavy atom. The highest BCUT2D eigenvalue weighted by molar-refractivity contribution is 9.11. The number of benzene rings is 2. The standard InChI is InChI=1S/C13H7Br3FNO/c14-8-1-2-11(17)12(6-8)18-13(19)7-3-9(15)5-10(16)4-7/h1-6H,(H,18,19). The summed E-state index contributed by atoms with van der Waals surface area (Å²) in [5, 5.41) is 2.54. The van der Waals surface area contributed by atoms with Crippen molar-refractivity contribution in [2.45, 2.75) is 0 Å².